The molecule has 0 aliphatic heterocycles. The molecule has 0 fully saturated rings. The number of rotatable bonds is 4. The van der Waals surface area contributed by atoms with Crippen molar-refractivity contribution in [2.24, 2.45) is 0 Å². The predicted molar refractivity (Wildman–Crippen MR) is 87.0 cm³/mol. The number of ketones is 1. The third kappa shape index (κ3) is 4.07. The lowest BCUT2D eigenvalue weighted by Crippen LogP contribution is -2.01. The molecule has 2 aromatic rings. The summed E-state index contributed by atoms with van der Waals surface area (Å²) in [6.07, 6.45) is 1.62. The van der Waals surface area contributed by atoms with Gasteiger partial charge in [-0.2, -0.15) is 0 Å². The molecule has 0 heterocycles. The fraction of sp³-hybridized carbons (Fsp3) is 0.118. The maximum Gasteiger partial charge on any atom is 0.187 e. The van der Waals surface area contributed by atoms with Gasteiger partial charge in [0.1, 0.15) is 0 Å². The van der Waals surface area contributed by atoms with Gasteiger partial charge in [-0.15, -0.1) is 0 Å². The van der Waals surface area contributed by atoms with Crippen LogP contribution in [-0.4, -0.2) is 5.78 Å². The molecular formula is C17H16BrNO. The van der Waals surface area contributed by atoms with E-state index in [1.165, 1.54) is 0 Å². The van der Waals surface area contributed by atoms with E-state index in [0.29, 0.717) is 5.56 Å². The average Bonchev–Trinajstić information content (AvgIpc) is 2.39. The molecule has 0 amide bonds. The van der Waals surface area contributed by atoms with Crippen molar-refractivity contribution in [2.45, 2.75) is 13.8 Å². The van der Waals surface area contributed by atoms with Crippen LogP contribution in [0.1, 0.15) is 22.8 Å². The van der Waals surface area contributed by atoms with Gasteiger partial charge < -0.3 is 5.32 Å². The number of halogens is 1. The van der Waals surface area contributed by atoms with Crippen LogP contribution in [0.2, 0.25) is 0 Å². The van der Waals surface area contributed by atoms with Crippen LogP contribution in [0.5, 0.6) is 0 Å². The van der Waals surface area contributed by atoms with Crippen molar-refractivity contribution >= 4 is 27.4 Å². The lowest BCUT2D eigenvalue weighted by atomic mass is 10.1. The van der Waals surface area contributed by atoms with Gasteiger partial charge in [-0.05, 0) is 32.0 Å². The Hall–Kier alpha value is -1.87. The number of carbonyl (C=O) groups is 1. The van der Waals surface area contributed by atoms with Gasteiger partial charge in [-0.25, -0.2) is 0 Å². The van der Waals surface area contributed by atoms with Crippen LogP contribution in [0.3, 0.4) is 0 Å². The van der Waals surface area contributed by atoms with E-state index in [1.807, 2.05) is 62.4 Å². The van der Waals surface area contributed by atoms with E-state index >= 15 is 0 Å². The molecule has 0 radical (unpaired) electrons. The van der Waals surface area contributed by atoms with Crippen molar-refractivity contribution in [3.05, 3.63) is 75.9 Å². The first kappa shape index (κ1) is 14.5. The van der Waals surface area contributed by atoms with Crippen LogP contribution in [0.4, 0.5) is 5.69 Å². The topological polar surface area (TPSA) is 29.1 Å². The number of aryl methyl sites for hydroxylation is 1. The van der Waals surface area contributed by atoms with E-state index in [9.17, 15) is 4.79 Å². The summed E-state index contributed by atoms with van der Waals surface area (Å²) in [5.41, 5.74) is 3.61. The van der Waals surface area contributed by atoms with Crippen LogP contribution in [0.15, 0.2) is 64.8 Å². The van der Waals surface area contributed by atoms with Gasteiger partial charge in [0, 0.05) is 27.5 Å². The van der Waals surface area contributed by atoms with E-state index in [2.05, 4.69) is 21.2 Å². The molecule has 0 saturated carbocycles. The molecule has 0 aliphatic carbocycles. The van der Waals surface area contributed by atoms with Crippen LogP contribution in [0.25, 0.3) is 0 Å². The fourth-order valence-electron chi connectivity index (χ4n) is 1.83. The Morgan fingerprint density at radius 1 is 1.15 bits per heavy atom. The number of hydrogen-bond acceptors (Lipinski definition) is 2. The Bertz CT molecular complexity index is 644. The maximum absolute atomic E-state index is 12.1. The summed E-state index contributed by atoms with van der Waals surface area (Å²) < 4.78 is 1.00. The number of allylic oxidation sites excluding steroid dienone is 2. The summed E-state index contributed by atoms with van der Waals surface area (Å²) in [7, 11) is 0. The minimum atomic E-state index is 0.00463. The van der Waals surface area contributed by atoms with E-state index in [0.717, 1.165) is 21.4 Å². The number of benzene rings is 2. The molecule has 0 aromatic heterocycles. The van der Waals surface area contributed by atoms with E-state index in [-0.39, 0.29) is 5.78 Å². The SMILES string of the molecule is C/C(=C\C(=O)c1ccc(C)cc1)Nc1cccc(Br)c1. The largest absolute Gasteiger partial charge is 0.359 e. The lowest BCUT2D eigenvalue weighted by molar-refractivity contribution is 0.104. The molecule has 20 heavy (non-hydrogen) atoms. The van der Waals surface area contributed by atoms with Crippen molar-refractivity contribution < 1.29 is 4.79 Å². The van der Waals surface area contributed by atoms with Crippen molar-refractivity contribution in [1.82, 2.24) is 0 Å². The highest BCUT2D eigenvalue weighted by molar-refractivity contribution is 9.10. The van der Waals surface area contributed by atoms with Gasteiger partial charge in [-0.3, -0.25) is 4.79 Å². The molecule has 3 heteroatoms. The van der Waals surface area contributed by atoms with Crippen LogP contribution in [-0.2, 0) is 0 Å². The zero-order valence-corrected chi connectivity index (χ0v) is 13.1. The minimum Gasteiger partial charge on any atom is -0.359 e. The molecule has 0 bridgehead atoms. The highest BCUT2D eigenvalue weighted by atomic mass is 79.9. The first-order valence-corrected chi connectivity index (χ1v) is 7.16. The minimum absolute atomic E-state index is 0.00463. The molecule has 2 aromatic carbocycles. The maximum atomic E-state index is 12.1. The van der Waals surface area contributed by atoms with E-state index in [4.69, 9.17) is 0 Å². The highest BCUT2D eigenvalue weighted by Gasteiger charge is 2.03. The Kier molecular flexibility index (Phi) is 4.74. The summed E-state index contributed by atoms with van der Waals surface area (Å²) >= 11 is 3.42. The van der Waals surface area contributed by atoms with Crippen molar-refractivity contribution in [3.63, 3.8) is 0 Å². The second-order valence-corrected chi connectivity index (χ2v) is 5.61. The monoisotopic (exact) mass is 329 g/mol. The standard InChI is InChI=1S/C17H16BrNO/c1-12-6-8-14(9-7-12)17(20)10-13(2)19-16-5-3-4-15(18)11-16/h3-11,19H,1-2H3/b13-10+. The van der Waals surface area contributed by atoms with Crippen molar-refractivity contribution in [2.75, 3.05) is 5.32 Å². The van der Waals surface area contributed by atoms with E-state index in [1.54, 1.807) is 6.08 Å². The lowest BCUT2D eigenvalue weighted by Gasteiger charge is -2.07. The molecule has 0 spiro atoms. The fourth-order valence-corrected chi connectivity index (χ4v) is 2.23. The first-order chi connectivity index (χ1) is 9.54. The molecule has 0 saturated heterocycles. The van der Waals surface area contributed by atoms with Crippen LogP contribution < -0.4 is 5.32 Å². The Balaban J connectivity index is 2.10. The molecule has 1 N–H and O–H groups in total. The number of nitrogens with one attached hydrogen (secondary N) is 1. The molecule has 2 rings (SSSR count). The van der Waals surface area contributed by atoms with Crippen molar-refractivity contribution in [3.8, 4) is 0 Å². The molecule has 0 unspecified atom stereocenters. The van der Waals surface area contributed by atoms with Gasteiger partial charge in [0.2, 0.25) is 0 Å². The Morgan fingerprint density at radius 2 is 1.85 bits per heavy atom. The van der Waals surface area contributed by atoms with Gasteiger partial charge in [0.15, 0.2) is 5.78 Å². The second-order valence-electron chi connectivity index (χ2n) is 4.69. The molecule has 102 valence electrons. The van der Waals surface area contributed by atoms with E-state index < -0.39 is 0 Å². The zero-order valence-electron chi connectivity index (χ0n) is 11.5. The van der Waals surface area contributed by atoms with Crippen LogP contribution >= 0.6 is 15.9 Å². The van der Waals surface area contributed by atoms with Crippen LogP contribution in [0, 0.1) is 6.92 Å². The summed E-state index contributed by atoms with van der Waals surface area (Å²) in [4.78, 5) is 12.1. The molecular weight excluding hydrogens is 314 g/mol. The molecule has 0 aliphatic rings. The van der Waals surface area contributed by atoms with Gasteiger partial charge in [0.05, 0.1) is 0 Å². The molecule has 0 atom stereocenters. The first-order valence-electron chi connectivity index (χ1n) is 6.36. The normalized spacial score (nSPS) is 11.2. The molecule has 2 nitrogen and oxygen atoms in total. The Morgan fingerprint density at radius 3 is 2.50 bits per heavy atom. The third-order valence-corrected chi connectivity index (χ3v) is 3.34. The Labute approximate surface area is 127 Å². The second kappa shape index (κ2) is 6.53. The number of hydrogen-bond donors (Lipinski definition) is 1. The summed E-state index contributed by atoms with van der Waals surface area (Å²) in [6.45, 7) is 3.89. The van der Waals surface area contributed by atoms with Crippen molar-refractivity contribution in [1.29, 1.82) is 0 Å². The third-order valence-electron chi connectivity index (χ3n) is 2.85. The quantitative estimate of drug-likeness (QED) is 0.634. The summed E-state index contributed by atoms with van der Waals surface area (Å²) in [6, 6.07) is 15.4. The summed E-state index contributed by atoms with van der Waals surface area (Å²) in [5.74, 6) is 0.00463. The van der Waals surface area contributed by atoms with Gasteiger partial charge in [-0.1, -0.05) is 51.8 Å². The summed E-state index contributed by atoms with van der Waals surface area (Å²) in [5, 5.41) is 3.21. The average molecular weight is 330 g/mol. The number of carbonyl (C=O) groups excluding carboxylic acids is 1. The zero-order chi connectivity index (χ0) is 14.5. The van der Waals surface area contributed by atoms with Gasteiger partial charge >= 0.3 is 0 Å². The van der Waals surface area contributed by atoms with Gasteiger partial charge in [0.25, 0.3) is 0 Å². The highest BCUT2D eigenvalue weighted by Crippen LogP contribution is 2.17. The number of anilines is 1. The smallest absolute Gasteiger partial charge is 0.187 e. The predicted octanol–water partition coefficient (Wildman–Crippen LogP) is 4.96.